The molecule has 0 aromatic rings. The van der Waals surface area contributed by atoms with E-state index in [-0.39, 0.29) is 6.29 Å². The number of fused-ring (bicyclic) bond motifs is 3. The lowest BCUT2D eigenvalue weighted by Gasteiger charge is -2.33. The molecule has 1 N–H and O–H groups in total. The Balaban J connectivity index is 1.60. The maximum atomic E-state index is 3.83. The van der Waals surface area contributed by atoms with Gasteiger partial charge >= 0.3 is 0 Å². The second-order valence-corrected chi connectivity index (χ2v) is 8.52. The zero-order chi connectivity index (χ0) is 15.4. The van der Waals surface area contributed by atoms with E-state index in [0.717, 1.165) is 19.3 Å². The molecular formula is C19H22IN3. The molecule has 5 aliphatic rings. The molecule has 2 heterocycles. The smallest absolute Gasteiger partial charge is 0.186 e. The lowest BCUT2D eigenvalue weighted by Crippen LogP contribution is -2.44. The van der Waals surface area contributed by atoms with E-state index >= 15 is 0 Å². The standard InChI is InChI=1S/C19H22IN3/c20-13-10-11-17-18(12-13)23-16-9-5-4-8-15(16)21-19(23)22(17)14-6-2-1-3-7-14/h5-6,9-11,13,19,21H,1-4,7-8,12H2. The van der Waals surface area contributed by atoms with Gasteiger partial charge in [-0.05, 0) is 50.7 Å². The van der Waals surface area contributed by atoms with Crippen molar-refractivity contribution in [1.82, 2.24) is 15.1 Å². The van der Waals surface area contributed by atoms with Gasteiger partial charge in [-0.3, -0.25) is 0 Å². The molecule has 0 spiro atoms. The maximum absolute atomic E-state index is 3.83. The molecule has 2 atom stereocenters. The van der Waals surface area contributed by atoms with Crippen LogP contribution in [-0.4, -0.2) is 20.0 Å². The van der Waals surface area contributed by atoms with Crippen LogP contribution in [0.4, 0.5) is 0 Å². The van der Waals surface area contributed by atoms with E-state index < -0.39 is 0 Å². The van der Waals surface area contributed by atoms with Crippen molar-refractivity contribution in [2.24, 2.45) is 0 Å². The van der Waals surface area contributed by atoms with Crippen LogP contribution in [0.15, 0.2) is 58.9 Å². The molecular weight excluding hydrogens is 397 g/mol. The van der Waals surface area contributed by atoms with Crippen molar-refractivity contribution in [3.05, 3.63) is 58.9 Å². The minimum Gasteiger partial charge on any atom is -0.349 e. The van der Waals surface area contributed by atoms with E-state index in [1.54, 1.807) is 0 Å². The van der Waals surface area contributed by atoms with Crippen LogP contribution in [0.3, 0.4) is 0 Å². The number of nitrogens with zero attached hydrogens (tertiary/aromatic N) is 2. The van der Waals surface area contributed by atoms with Crippen LogP contribution in [-0.2, 0) is 0 Å². The van der Waals surface area contributed by atoms with E-state index in [2.05, 4.69) is 68.1 Å². The van der Waals surface area contributed by atoms with Gasteiger partial charge in [0.05, 0.1) is 11.4 Å². The summed E-state index contributed by atoms with van der Waals surface area (Å²) in [6.45, 7) is 0. The average Bonchev–Trinajstić information content (AvgIpc) is 3.10. The van der Waals surface area contributed by atoms with Crippen molar-refractivity contribution in [3.8, 4) is 0 Å². The zero-order valence-corrected chi connectivity index (χ0v) is 15.4. The number of allylic oxidation sites excluding steroid dienone is 8. The van der Waals surface area contributed by atoms with Crippen molar-refractivity contribution in [3.63, 3.8) is 0 Å². The fourth-order valence-electron chi connectivity index (χ4n) is 4.42. The Bertz CT molecular complexity index is 697. The highest BCUT2D eigenvalue weighted by molar-refractivity contribution is 14.1. The molecule has 23 heavy (non-hydrogen) atoms. The molecule has 2 unspecified atom stereocenters. The van der Waals surface area contributed by atoms with Crippen molar-refractivity contribution >= 4 is 22.6 Å². The Morgan fingerprint density at radius 1 is 1.04 bits per heavy atom. The predicted octanol–water partition coefficient (Wildman–Crippen LogP) is 4.49. The highest BCUT2D eigenvalue weighted by atomic mass is 127. The van der Waals surface area contributed by atoms with E-state index in [0.29, 0.717) is 3.92 Å². The molecule has 0 amide bonds. The van der Waals surface area contributed by atoms with Crippen LogP contribution in [0, 0.1) is 0 Å². The number of rotatable bonds is 1. The molecule has 2 aliphatic heterocycles. The summed E-state index contributed by atoms with van der Waals surface area (Å²) in [4.78, 5) is 5.16. The zero-order valence-electron chi connectivity index (χ0n) is 13.3. The molecule has 3 aliphatic carbocycles. The SMILES string of the molecule is IC1C=CC2=C(C1)N1C3=C(CCC=C3)NC1N2C1=CCCCC1. The van der Waals surface area contributed by atoms with Gasteiger partial charge in [-0.15, -0.1) is 0 Å². The fourth-order valence-corrected chi connectivity index (χ4v) is 5.05. The van der Waals surface area contributed by atoms with E-state index in [1.165, 1.54) is 54.2 Å². The monoisotopic (exact) mass is 419 g/mol. The van der Waals surface area contributed by atoms with Crippen LogP contribution in [0.25, 0.3) is 0 Å². The summed E-state index contributed by atoms with van der Waals surface area (Å²) in [6.07, 6.45) is 20.7. The summed E-state index contributed by atoms with van der Waals surface area (Å²) < 4.78 is 0.601. The van der Waals surface area contributed by atoms with Gasteiger partial charge in [0.2, 0.25) is 0 Å². The van der Waals surface area contributed by atoms with Crippen molar-refractivity contribution in [2.75, 3.05) is 0 Å². The third-order valence-electron chi connectivity index (χ3n) is 5.47. The number of alkyl halides is 1. The quantitative estimate of drug-likeness (QED) is 0.499. The molecule has 0 saturated heterocycles. The van der Waals surface area contributed by atoms with Gasteiger partial charge in [0.25, 0.3) is 0 Å². The first-order valence-electron chi connectivity index (χ1n) is 8.82. The van der Waals surface area contributed by atoms with Crippen LogP contribution >= 0.6 is 22.6 Å². The summed E-state index contributed by atoms with van der Waals surface area (Å²) in [6, 6.07) is 0. The molecule has 0 bridgehead atoms. The molecule has 3 nitrogen and oxygen atoms in total. The molecule has 0 aromatic carbocycles. The number of hydrogen-bond donors (Lipinski definition) is 1. The first kappa shape index (κ1) is 14.2. The van der Waals surface area contributed by atoms with E-state index in [4.69, 9.17) is 0 Å². The molecule has 0 aromatic heterocycles. The molecule has 5 rings (SSSR count). The predicted molar refractivity (Wildman–Crippen MR) is 101 cm³/mol. The van der Waals surface area contributed by atoms with Crippen molar-refractivity contribution in [2.45, 2.75) is 55.2 Å². The maximum Gasteiger partial charge on any atom is 0.186 e. The Kier molecular flexibility index (Phi) is 3.35. The Labute approximate surface area is 151 Å². The third-order valence-corrected chi connectivity index (χ3v) is 6.33. The molecule has 4 heteroatoms. The molecule has 0 fully saturated rings. The Hall–Kier alpha value is -1.17. The molecule has 0 saturated carbocycles. The Morgan fingerprint density at radius 2 is 2.00 bits per heavy atom. The minimum atomic E-state index is 0.267. The van der Waals surface area contributed by atoms with Gasteiger partial charge < -0.3 is 15.1 Å². The summed E-state index contributed by atoms with van der Waals surface area (Å²) in [5.74, 6) is 0. The van der Waals surface area contributed by atoms with Gasteiger partial charge in [0.1, 0.15) is 0 Å². The first-order valence-corrected chi connectivity index (χ1v) is 10.1. The van der Waals surface area contributed by atoms with Gasteiger partial charge in [0, 0.05) is 27.4 Å². The summed E-state index contributed by atoms with van der Waals surface area (Å²) >= 11 is 2.56. The summed E-state index contributed by atoms with van der Waals surface area (Å²) in [5, 5.41) is 3.83. The highest BCUT2D eigenvalue weighted by Crippen LogP contribution is 2.46. The van der Waals surface area contributed by atoms with Crippen molar-refractivity contribution in [1.29, 1.82) is 0 Å². The van der Waals surface area contributed by atoms with Gasteiger partial charge in [-0.25, -0.2) is 0 Å². The topological polar surface area (TPSA) is 18.5 Å². The van der Waals surface area contributed by atoms with Crippen LogP contribution in [0.2, 0.25) is 0 Å². The second kappa shape index (κ2) is 5.43. The number of nitrogens with one attached hydrogen (secondary N) is 1. The van der Waals surface area contributed by atoms with Crippen LogP contribution in [0.5, 0.6) is 0 Å². The van der Waals surface area contributed by atoms with Crippen LogP contribution < -0.4 is 5.32 Å². The molecule has 0 radical (unpaired) electrons. The lowest BCUT2D eigenvalue weighted by atomic mass is 10.0. The normalized spacial score (nSPS) is 32.0. The lowest BCUT2D eigenvalue weighted by molar-refractivity contribution is 0.196. The fraction of sp³-hybridized carbons (Fsp3) is 0.474. The molecule has 120 valence electrons. The highest BCUT2D eigenvalue weighted by Gasteiger charge is 2.46. The van der Waals surface area contributed by atoms with E-state index in [1.807, 2.05) is 0 Å². The number of hydrogen-bond acceptors (Lipinski definition) is 3. The Morgan fingerprint density at radius 3 is 2.87 bits per heavy atom. The van der Waals surface area contributed by atoms with Gasteiger partial charge in [-0.2, -0.15) is 0 Å². The van der Waals surface area contributed by atoms with Crippen LogP contribution in [0.1, 0.15) is 44.9 Å². The minimum absolute atomic E-state index is 0.267. The average molecular weight is 419 g/mol. The third kappa shape index (κ3) is 2.13. The first-order chi connectivity index (χ1) is 11.3. The van der Waals surface area contributed by atoms with E-state index in [9.17, 15) is 0 Å². The largest absolute Gasteiger partial charge is 0.349 e. The second-order valence-electron chi connectivity index (χ2n) is 6.92. The number of halogens is 1. The van der Waals surface area contributed by atoms with Crippen molar-refractivity contribution < 1.29 is 0 Å². The van der Waals surface area contributed by atoms with Gasteiger partial charge in [-0.1, -0.05) is 40.8 Å². The summed E-state index contributed by atoms with van der Waals surface area (Å²) in [5.41, 5.74) is 7.29. The summed E-state index contributed by atoms with van der Waals surface area (Å²) in [7, 11) is 0. The van der Waals surface area contributed by atoms with Gasteiger partial charge in [0.15, 0.2) is 6.29 Å².